The average Bonchev–Trinajstić information content (AvgIpc) is 3.09. The number of aliphatic imine (C=N–C) groups is 1. The second kappa shape index (κ2) is 8.50. The lowest BCUT2D eigenvalue weighted by Crippen LogP contribution is -2.36. The van der Waals surface area contributed by atoms with E-state index in [1.54, 1.807) is 30.9 Å². The topological polar surface area (TPSA) is 102 Å². The van der Waals surface area contributed by atoms with Gasteiger partial charge in [-0.15, -0.1) is 6.42 Å². The van der Waals surface area contributed by atoms with Gasteiger partial charge in [-0.25, -0.2) is 24.3 Å². The van der Waals surface area contributed by atoms with Gasteiger partial charge in [0.2, 0.25) is 0 Å². The Morgan fingerprint density at radius 2 is 2.14 bits per heavy atom. The van der Waals surface area contributed by atoms with E-state index in [1.165, 1.54) is 6.07 Å². The summed E-state index contributed by atoms with van der Waals surface area (Å²) in [6.45, 7) is 2.57. The van der Waals surface area contributed by atoms with Gasteiger partial charge in [0, 0.05) is 41.3 Å². The zero-order chi connectivity index (χ0) is 24.8. The summed E-state index contributed by atoms with van der Waals surface area (Å²) in [5.41, 5.74) is 13.0. The van der Waals surface area contributed by atoms with Gasteiger partial charge in [0.05, 0.1) is 12.0 Å². The molecule has 1 unspecified atom stereocenters. The van der Waals surface area contributed by atoms with Gasteiger partial charge in [0.15, 0.2) is 17.7 Å². The van der Waals surface area contributed by atoms with Crippen molar-refractivity contribution in [3.8, 4) is 24.1 Å². The summed E-state index contributed by atoms with van der Waals surface area (Å²) in [7, 11) is 0. The molecule has 0 aliphatic carbocycles. The van der Waals surface area contributed by atoms with Gasteiger partial charge in [-0.1, -0.05) is 12.0 Å². The van der Waals surface area contributed by atoms with Crippen LogP contribution in [-0.4, -0.2) is 38.9 Å². The molecule has 3 aromatic rings. The van der Waals surface area contributed by atoms with Crippen LogP contribution in [0.15, 0.2) is 59.1 Å². The fourth-order valence-corrected chi connectivity index (χ4v) is 4.93. The molecule has 5 heterocycles. The summed E-state index contributed by atoms with van der Waals surface area (Å²) in [6, 6.07) is 8.61. The van der Waals surface area contributed by atoms with Crippen LogP contribution in [0.2, 0.25) is 0 Å². The molecule has 0 radical (unpaired) electrons. The Morgan fingerprint density at radius 3 is 2.94 bits per heavy atom. The maximum atomic E-state index is 15.4. The summed E-state index contributed by atoms with van der Waals surface area (Å²) in [6.07, 6.45) is 12.0. The average molecular weight is 480 g/mol. The molecule has 3 aliphatic heterocycles. The molecule has 6 rings (SSSR count). The lowest BCUT2D eigenvalue weighted by Gasteiger charge is -2.28. The highest BCUT2D eigenvalue weighted by Crippen LogP contribution is 2.48. The molecule has 0 saturated heterocycles. The third-order valence-electron chi connectivity index (χ3n) is 6.51. The van der Waals surface area contributed by atoms with Crippen LogP contribution in [0.25, 0.3) is 11.3 Å². The van der Waals surface area contributed by atoms with Crippen LogP contribution in [-0.2, 0) is 6.42 Å². The highest BCUT2D eigenvalue weighted by Gasteiger charge is 2.41. The van der Waals surface area contributed by atoms with E-state index >= 15 is 4.39 Å². The number of pyridine rings is 1. The summed E-state index contributed by atoms with van der Waals surface area (Å²) in [4.78, 5) is 19.6. The van der Waals surface area contributed by atoms with Crippen LogP contribution in [0.3, 0.4) is 0 Å². The van der Waals surface area contributed by atoms with Gasteiger partial charge in [0.1, 0.15) is 11.5 Å². The van der Waals surface area contributed by atoms with E-state index in [0.29, 0.717) is 17.1 Å². The number of fused-ring (bicyclic) bond motifs is 5. The van der Waals surface area contributed by atoms with Crippen LogP contribution in [0, 0.1) is 25.1 Å². The maximum absolute atomic E-state index is 15.4. The second-order valence-electron chi connectivity index (χ2n) is 8.74. The molecule has 2 aromatic heterocycles. The Morgan fingerprint density at radius 1 is 1.25 bits per heavy atom. The van der Waals surface area contributed by atoms with Crippen molar-refractivity contribution < 1.29 is 9.13 Å². The summed E-state index contributed by atoms with van der Waals surface area (Å²) in [5.74, 6) is 2.59. The predicted molar refractivity (Wildman–Crippen MR) is 134 cm³/mol. The predicted octanol–water partition coefficient (Wildman–Crippen LogP) is 3.35. The van der Waals surface area contributed by atoms with Gasteiger partial charge in [-0.05, 0) is 55.2 Å². The number of aromatic nitrogens is 3. The summed E-state index contributed by atoms with van der Waals surface area (Å²) in [5, 5.41) is 3.01. The van der Waals surface area contributed by atoms with E-state index in [0.717, 1.165) is 53.1 Å². The van der Waals surface area contributed by atoms with E-state index in [4.69, 9.17) is 16.9 Å². The number of ether oxygens (including phenoxy) is 1. The van der Waals surface area contributed by atoms with E-state index in [1.807, 2.05) is 19.1 Å². The number of halogens is 1. The second-order valence-corrected chi connectivity index (χ2v) is 8.74. The molecule has 36 heavy (non-hydrogen) atoms. The number of nitrogens with two attached hydrogens (primary N) is 1. The molecule has 0 amide bonds. The lowest BCUT2D eigenvalue weighted by atomic mass is 9.93. The maximum Gasteiger partial charge on any atom is 0.322 e. The molecule has 178 valence electrons. The monoisotopic (exact) mass is 479 g/mol. The van der Waals surface area contributed by atoms with Crippen LogP contribution in [0.1, 0.15) is 34.5 Å². The fraction of sp³-hybridized carbons (Fsp3) is 0.185. The number of hydrogen-bond acceptors (Lipinski definition) is 8. The highest BCUT2D eigenvalue weighted by atomic mass is 19.1. The standard InChI is InChI=1S/C27H22FN7O/c1-3-18-11-16-5-4-10-35-24(19(16)13-31-18)22(23-25(29)32-14-33-26(23)35)17-6-7-21(20(28)12-17)36-27-30-9-8-15(2)34-27/h1,6-9,11-14,26H,4-5,10,29H2,2H3,(H,32,33). The Hall–Kier alpha value is -4.71. The van der Waals surface area contributed by atoms with Crippen molar-refractivity contribution >= 4 is 17.6 Å². The van der Waals surface area contributed by atoms with Crippen molar-refractivity contribution in [1.29, 1.82) is 0 Å². The molecule has 9 heteroatoms. The third-order valence-corrected chi connectivity index (χ3v) is 6.51. The molecular weight excluding hydrogens is 457 g/mol. The van der Waals surface area contributed by atoms with Crippen molar-refractivity contribution in [2.45, 2.75) is 25.9 Å². The Kier molecular flexibility index (Phi) is 5.15. The molecule has 0 spiro atoms. The van der Waals surface area contributed by atoms with E-state index in [2.05, 4.69) is 36.1 Å². The molecule has 0 saturated carbocycles. The van der Waals surface area contributed by atoms with Crippen LogP contribution >= 0.6 is 0 Å². The van der Waals surface area contributed by atoms with Gasteiger partial charge in [-0.2, -0.15) is 0 Å². The smallest absolute Gasteiger partial charge is 0.322 e. The van der Waals surface area contributed by atoms with Gasteiger partial charge in [-0.3, -0.25) is 0 Å². The van der Waals surface area contributed by atoms with E-state index in [9.17, 15) is 0 Å². The molecule has 3 aliphatic rings. The number of rotatable bonds is 3. The fourth-order valence-electron chi connectivity index (χ4n) is 4.93. The number of aryl methyl sites for hydroxylation is 2. The zero-order valence-corrected chi connectivity index (χ0v) is 19.5. The van der Waals surface area contributed by atoms with Crippen molar-refractivity contribution in [2.75, 3.05) is 6.54 Å². The van der Waals surface area contributed by atoms with Gasteiger partial charge >= 0.3 is 6.01 Å². The van der Waals surface area contributed by atoms with Gasteiger partial charge < -0.3 is 20.7 Å². The minimum Gasteiger partial charge on any atom is -0.421 e. The number of terminal acetylenes is 1. The van der Waals surface area contributed by atoms with Crippen LogP contribution < -0.4 is 15.8 Å². The van der Waals surface area contributed by atoms with Crippen LogP contribution in [0.5, 0.6) is 11.8 Å². The Bertz CT molecular complexity index is 1540. The molecule has 1 atom stereocenters. The largest absolute Gasteiger partial charge is 0.421 e. The SMILES string of the molecule is C#Cc1cc2c(cn1)C1=C(c3ccc(Oc4nccc(C)n4)c(F)c3)C3=C(N)NC=NC3N1CCC2. The van der Waals surface area contributed by atoms with E-state index in [-0.39, 0.29) is 17.9 Å². The minimum atomic E-state index is -0.540. The zero-order valence-electron chi connectivity index (χ0n) is 19.5. The number of benzene rings is 1. The summed E-state index contributed by atoms with van der Waals surface area (Å²) >= 11 is 0. The van der Waals surface area contributed by atoms with Crippen LogP contribution in [0.4, 0.5) is 4.39 Å². The quantitative estimate of drug-likeness (QED) is 0.556. The normalized spacial score (nSPS) is 18.1. The first-order valence-corrected chi connectivity index (χ1v) is 11.6. The molecule has 8 nitrogen and oxygen atoms in total. The van der Waals surface area contributed by atoms with Crippen molar-refractivity contribution in [3.05, 3.63) is 88.0 Å². The van der Waals surface area contributed by atoms with E-state index < -0.39 is 5.82 Å². The summed E-state index contributed by atoms with van der Waals surface area (Å²) < 4.78 is 21.0. The van der Waals surface area contributed by atoms with Crippen molar-refractivity contribution in [1.82, 2.24) is 25.2 Å². The highest BCUT2D eigenvalue weighted by molar-refractivity contribution is 6.03. The molecular formula is C27H22FN7O. The van der Waals surface area contributed by atoms with Crippen molar-refractivity contribution in [3.63, 3.8) is 0 Å². The number of nitrogens with zero attached hydrogens (tertiary/aromatic N) is 5. The molecule has 3 N–H and O–H groups in total. The Balaban J connectivity index is 1.51. The Labute approximate surface area is 207 Å². The number of nitrogens with one attached hydrogen (secondary N) is 1. The van der Waals surface area contributed by atoms with Gasteiger partial charge in [0.25, 0.3) is 0 Å². The molecule has 1 aromatic carbocycles. The van der Waals surface area contributed by atoms with Crippen molar-refractivity contribution in [2.24, 2.45) is 10.7 Å². The first-order chi connectivity index (χ1) is 17.5. The molecule has 0 bridgehead atoms. The number of hydrogen-bond donors (Lipinski definition) is 2. The minimum absolute atomic E-state index is 0.0321. The first kappa shape index (κ1) is 21.8. The third kappa shape index (κ3) is 3.55. The first-order valence-electron chi connectivity index (χ1n) is 11.6. The molecule has 0 fully saturated rings. The lowest BCUT2D eigenvalue weighted by molar-refractivity contribution is 0.349.